The zero-order valence-electron chi connectivity index (χ0n) is 12.0. The molecule has 1 aliphatic rings. The summed E-state index contributed by atoms with van der Waals surface area (Å²) >= 11 is 7.52. The van der Waals surface area contributed by atoms with E-state index in [1.54, 1.807) is 0 Å². The Labute approximate surface area is 132 Å². The van der Waals surface area contributed by atoms with Crippen molar-refractivity contribution in [1.82, 2.24) is 0 Å². The van der Waals surface area contributed by atoms with Crippen LogP contribution in [0.5, 0.6) is 0 Å². The molecule has 0 saturated carbocycles. The van der Waals surface area contributed by atoms with E-state index in [4.69, 9.17) is 17.3 Å². The maximum atomic E-state index is 10.9. The van der Waals surface area contributed by atoms with Gasteiger partial charge in [-0.3, -0.25) is 15.1 Å². The molecule has 2 N–H and O–H groups in total. The predicted molar refractivity (Wildman–Crippen MR) is 88.5 cm³/mol. The third kappa shape index (κ3) is 3.64. The maximum absolute atomic E-state index is 10.9. The van der Waals surface area contributed by atoms with Gasteiger partial charge >= 0.3 is 0 Å². The standard InChI is InChI=1S/C14H16ClN3O2S/c1-14(2,3)12-7-11(21-13(16)17-12)9-6-8(18(19)20)4-5-10(9)15/h4-7,13H,16H2,1-3H3. The van der Waals surface area contributed by atoms with Crippen LogP contribution in [0.25, 0.3) is 4.91 Å². The van der Waals surface area contributed by atoms with Crippen molar-refractivity contribution in [3.8, 4) is 0 Å². The topological polar surface area (TPSA) is 81.5 Å². The Bertz CT molecular complexity index is 650. The van der Waals surface area contributed by atoms with Crippen LogP contribution < -0.4 is 5.73 Å². The van der Waals surface area contributed by atoms with Crippen LogP contribution in [0.2, 0.25) is 5.02 Å². The number of nitro groups is 1. The van der Waals surface area contributed by atoms with Gasteiger partial charge in [-0.2, -0.15) is 0 Å². The third-order valence-corrected chi connectivity index (χ3v) is 4.24. The zero-order valence-corrected chi connectivity index (χ0v) is 13.5. The van der Waals surface area contributed by atoms with E-state index in [1.807, 2.05) is 26.8 Å². The highest BCUT2D eigenvalue weighted by Crippen LogP contribution is 2.40. The summed E-state index contributed by atoms with van der Waals surface area (Å²) in [6.07, 6.45) is 1.90. The van der Waals surface area contributed by atoms with Gasteiger partial charge in [0.05, 0.1) is 4.92 Å². The minimum absolute atomic E-state index is 0.00397. The van der Waals surface area contributed by atoms with Gasteiger partial charge in [0.25, 0.3) is 5.69 Å². The predicted octanol–water partition coefficient (Wildman–Crippen LogP) is 4.07. The highest BCUT2D eigenvalue weighted by molar-refractivity contribution is 8.08. The second-order valence-electron chi connectivity index (χ2n) is 5.70. The summed E-state index contributed by atoms with van der Waals surface area (Å²) in [5.41, 5.74) is 6.83. The van der Waals surface area contributed by atoms with Crippen molar-refractivity contribution in [2.75, 3.05) is 0 Å². The molecule has 1 unspecified atom stereocenters. The first-order valence-electron chi connectivity index (χ1n) is 6.35. The summed E-state index contributed by atoms with van der Waals surface area (Å²) in [5, 5.41) is 11.4. The molecule has 0 bridgehead atoms. The number of benzene rings is 1. The molecule has 1 aromatic rings. The van der Waals surface area contributed by atoms with Crippen LogP contribution in [0.3, 0.4) is 0 Å². The van der Waals surface area contributed by atoms with Gasteiger partial charge in [0, 0.05) is 38.8 Å². The van der Waals surface area contributed by atoms with Crippen LogP contribution >= 0.6 is 23.4 Å². The number of hydrogen-bond acceptors (Lipinski definition) is 5. The van der Waals surface area contributed by atoms with Crippen molar-refractivity contribution in [3.63, 3.8) is 0 Å². The number of aliphatic imine (C=N–C) groups is 1. The smallest absolute Gasteiger partial charge is 0.270 e. The Balaban J connectivity index is 2.51. The van der Waals surface area contributed by atoms with E-state index in [9.17, 15) is 10.1 Å². The molecule has 2 rings (SSSR count). The molecule has 0 spiro atoms. The van der Waals surface area contributed by atoms with Gasteiger partial charge < -0.3 is 5.73 Å². The molecule has 7 heteroatoms. The van der Waals surface area contributed by atoms with E-state index in [0.29, 0.717) is 10.6 Å². The Morgan fingerprint density at radius 2 is 2.10 bits per heavy atom. The monoisotopic (exact) mass is 325 g/mol. The molecule has 0 radical (unpaired) electrons. The fourth-order valence-electron chi connectivity index (χ4n) is 1.86. The fourth-order valence-corrected chi connectivity index (χ4v) is 3.03. The van der Waals surface area contributed by atoms with Crippen LogP contribution in [0.4, 0.5) is 5.69 Å². The molecule has 1 atom stereocenters. The van der Waals surface area contributed by atoms with E-state index < -0.39 is 10.4 Å². The van der Waals surface area contributed by atoms with Gasteiger partial charge in [-0.05, 0) is 12.1 Å². The largest absolute Gasteiger partial charge is 0.301 e. The molecular formula is C14H16ClN3O2S. The molecule has 0 amide bonds. The van der Waals surface area contributed by atoms with Gasteiger partial charge in [0.1, 0.15) is 5.50 Å². The van der Waals surface area contributed by atoms with Crippen molar-refractivity contribution in [2.24, 2.45) is 16.1 Å². The SMILES string of the molecule is CC(C)(C)C1=NC(N)SC(c2cc([N+](=O)[O-])ccc2Cl)=C1. The summed E-state index contributed by atoms with van der Waals surface area (Å²) in [6.45, 7) is 6.12. The molecule has 21 heavy (non-hydrogen) atoms. The van der Waals surface area contributed by atoms with Crippen LogP contribution in [-0.4, -0.2) is 16.1 Å². The van der Waals surface area contributed by atoms with Crippen LogP contribution in [-0.2, 0) is 0 Å². The summed E-state index contributed by atoms with van der Waals surface area (Å²) in [5.74, 6) is 0. The van der Waals surface area contributed by atoms with E-state index >= 15 is 0 Å². The number of allylic oxidation sites excluding steroid dienone is 1. The molecule has 112 valence electrons. The number of rotatable bonds is 2. The van der Waals surface area contributed by atoms with Crippen molar-refractivity contribution in [3.05, 3.63) is 45.0 Å². The molecule has 0 saturated heterocycles. The Morgan fingerprint density at radius 1 is 1.43 bits per heavy atom. The average molecular weight is 326 g/mol. The summed E-state index contributed by atoms with van der Waals surface area (Å²) < 4.78 is 0. The minimum Gasteiger partial charge on any atom is -0.301 e. The summed E-state index contributed by atoms with van der Waals surface area (Å²) in [4.78, 5) is 15.7. The Hall–Kier alpha value is -1.37. The van der Waals surface area contributed by atoms with Crippen LogP contribution in [0.1, 0.15) is 26.3 Å². The van der Waals surface area contributed by atoms with Crippen molar-refractivity contribution < 1.29 is 4.92 Å². The Kier molecular flexibility index (Phi) is 4.41. The summed E-state index contributed by atoms with van der Waals surface area (Å²) in [7, 11) is 0. The lowest BCUT2D eigenvalue weighted by atomic mass is 9.89. The van der Waals surface area contributed by atoms with Crippen LogP contribution in [0, 0.1) is 15.5 Å². The zero-order chi connectivity index (χ0) is 15.8. The second kappa shape index (κ2) is 5.79. The average Bonchev–Trinajstić information content (AvgIpc) is 2.37. The lowest BCUT2D eigenvalue weighted by Crippen LogP contribution is -2.26. The molecule has 0 aliphatic carbocycles. The Morgan fingerprint density at radius 3 is 2.67 bits per heavy atom. The third-order valence-electron chi connectivity index (χ3n) is 2.98. The minimum atomic E-state index is -0.438. The van der Waals surface area contributed by atoms with Gasteiger partial charge in [-0.25, -0.2) is 0 Å². The summed E-state index contributed by atoms with van der Waals surface area (Å²) in [6, 6.07) is 4.39. The lowest BCUT2D eigenvalue weighted by molar-refractivity contribution is -0.384. The van der Waals surface area contributed by atoms with Crippen LogP contribution in [0.15, 0.2) is 29.3 Å². The maximum Gasteiger partial charge on any atom is 0.270 e. The van der Waals surface area contributed by atoms with E-state index in [2.05, 4.69) is 4.99 Å². The molecule has 1 aliphatic heterocycles. The number of nitrogens with zero attached hydrogens (tertiary/aromatic N) is 2. The number of thioether (sulfide) groups is 1. The normalized spacial score (nSPS) is 19.0. The molecular weight excluding hydrogens is 310 g/mol. The number of nitrogens with two attached hydrogens (primary N) is 1. The van der Waals surface area contributed by atoms with E-state index in [-0.39, 0.29) is 11.1 Å². The first-order chi connectivity index (χ1) is 9.68. The van der Waals surface area contributed by atoms with Crippen molar-refractivity contribution in [2.45, 2.75) is 26.3 Å². The number of halogens is 1. The van der Waals surface area contributed by atoms with Gasteiger partial charge in [-0.15, -0.1) is 0 Å². The quantitative estimate of drug-likeness (QED) is 0.656. The second-order valence-corrected chi connectivity index (χ2v) is 7.27. The first kappa shape index (κ1) is 16.0. The van der Waals surface area contributed by atoms with Crippen molar-refractivity contribution >= 4 is 39.7 Å². The molecule has 1 aromatic carbocycles. The van der Waals surface area contributed by atoms with E-state index in [0.717, 1.165) is 10.6 Å². The number of non-ortho nitro benzene ring substituents is 1. The van der Waals surface area contributed by atoms with Gasteiger partial charge in [0.15, 0.2) is 0 Å². The number of nitro benzene ring substituents is 1. The molecule has 1 heterocycles. The van der Waals surface area contributed by atoms with E-state index in [1.165, 1.54) is 30.0 Å². The first-order valence-corrected chi connectivity index (χ1v) is 7.61. The highest BCUT2D eigenvalue weighted by Gasteiger charge is 2.25. The number of hydrogen-bond donors (Lipinski definition) is 1. The molecule has 0 fully saturated rings. The van der Waals surface area contributed by atoms with Gasteiger partial charge in [0.2, 0.25) is 0 Å². The highest BCUT2D eigenvalue weighted by atomic mass is 35.5. The molecule has 5 nitrogen and oxygen atoms in total. The van der Waals surface area contributed by atoms with Gasteiger partial charge in [-0.1, -0.05) is 44.1 Å². The molecule has 0 aromatic heterocycles. The van der Waals surface area contributed by atoms with Crippen molar-refractivity contribution in [1.29, 1.82) is 0 Å². The fraction of sp³-hybridized carbons (Fsp3) is 0.357. The lowest BCUT2D eigenvalue weighted by Gasteiger charge is -2.26.